The van der Waals surface area contributed by atoms with Crippen LogP contribution in [0.4, 0.5) is 0 Å². The lowest BCUT2D eigenvalue weighted by Gasteiger charge is -2.25. The number of hydrogen-bond donors (Lipinski definition) is 7. The van der Waals surface area contributed by atoms with Gasteiger partial charge in [-0.25, -0.2) is 0 Å². The molecule has 0 aromatic heterocycles. The molecule has 0 unspecified atom stereocenters. The van der Waals surface area contributed by atoms with E-state index in [9.17, 15) is 69.0 Å². The van der Waals surface area contributed by atoms with Crippen LogP contribution in [0.5, 0.6) is 0 Å². The number of unbranched alkanes of at least 4 members (excludes halogenated alkanes) is 47. The lowest BCUT2D eigenvalue weighted by Crippen LogP contribution is -2.39. The fraction of sp³-hybridized carbons (Fsp3) is 0.896. The molecule has 0 aromatic rings. The first-order valence-electron chi connectivity index (χ1n) is 38.4. The zero-order valence-electron chi connectivity index (χ0n) is 60.0. The molecule has 15 heteroatoms. The minimum absolute atomic E-state index is 0.202. The molecule has 0 bridgehead atoms. The SMILES string of the molecule is CCCCCCCCCCCC(CCCCCCCCCCC(C)=O)(C(=O)O)C(=O)O.CCCCCCCCCCCC(CCCCCCCCCCC)(C(=O)O)C(=O)O.CCCCCCCCCCCCC(CCCCCCCCCCC(=O)O)(C(=O)O)C(=O)O. The third-order valence-corrected chi connectivity index (χ3v) is 19.2. The van der Waals surface area contributed by atoms with Gasteiger partial charge in [0.1, 0.15) is 5.78 Å². The van der Waals surface area contributed by atoms with E-state index in [4.69, 9.17) is 5.11 Å². The van der Waals surface area contributed by atoms with Gasteiger partial charge in [-0.05, 0) is 58.3 Å². The van der Waals surface area contributed by atoms with Gasteiger partial charge in [-0.2, -0.15) is 0 Å². The molecule has 92 heavy (non-hydrogen) atoms. The molecule has 0 spiro atoms. The molecular weight excluding hydrogens is 1160 g/mol. The number of ketones is 1. The molecule has 0 saturated heterocycles. The zero-order chi connectivity index (χ0) is 69.3. The summed E-state index contributed by atoms with van der Waals surface area (Å²) in [6.07, 6.45) is 59.5. The number of carboxylic acid groups (broad SMARTS) is 7. The second-order valence-corrected chi connectivity index (χ2v) is 27.5. The van der Waals surface area contributed by atoms with Crippen molar-refractivity contribution < 1.29 is 74.1 Å². The summed E-state index contributed by atoms with van der Waals surface area (Å²) in [4.78, 5) is 92.4. The van der Waals surface area contributed by atoms with Gasteiger partial charge in [0.05, 0.1) is 0 Å². The van der Waals surface area contributed by atoms with Gasteiger partial charge in [0.2, 0.25) is 0 Å². The van der Waals surface area contributed by atoms with Crippen molar-refractivity contribution in [3.05, 3.63) is 0 Å². The van der Waals surface area contributed by atoms with Crippen LogP contribution in [-0.2, 0) is 38.4 Å². The van der Waals surface area contributed by atoms with Crippen LogP contribution in [0, 0.1) is 16.2 Å². The highest BCUT2D eigenvalue weighted by atomic mass is 16.4. The van der Waals surface area contributed by atoms with Crippen molar-refractivity contribution in [3.8, 4) is 0 Å². The lowest BCUT2D eigenvalue weighted by molar-refractivity contribution is -0.168. The summed E-state index contributed by atoms with van der Waals surface area (Å²) in [6, 6.07) is 0. The smallest absolute Gasteiger partial charge is 0.321 e. The zero-order valence-corrected chi connectivity index (χ0v) is 60.0. The molecule has 0 aliphatic carbocycles. The highest BCUT2D eigenvalue weighted by molar-refractivity contribution is 5.99. The quantitative estimate of drug-likeness (QED) is 0.0220. The number of carboxylic acids is 7. The monoisotopic (exact) mass is 1310 g/mol. The molecule has 7 N–H and O–H groups in total. The van der Waals surface area contributed by atoms with Gasteiger partial charge in [0.25, 0.3) is 0 Å². The van der Waals surface area contributed by atoms with Crippen molar-refractivity contribution in [2.75, 3.05) is 0 Å². The van der Waals surface area contributed by atoms with E-state index in [0.29, 0.717) is 51.4 Å². The summed E-state index contributed by atoms with van der Waals surface area (Å²) in [5, 5.41) is 66.6. The molecule has 542 valence electrons. The van der Waals surface area contributed by atoms with Gasteiger partial charge in [-0.1, -0.05) is 355 Å². The average molecular weight is 1310 g/mol. The Hall–Kier alpha value is -4.04. The van der Waals surface area contributed by atoms with Gasteiger partial charge in [0, 0.05) is 12.8 Å². The first-order valence-corrected chi connectivity index (χ1v) is 38.4. The van der Waals surface area contributed by atoms with E-state index < -0.39 is 58.0 Å². The standard InChI is InChI=1S/C26H48O6.C26H48O5.C25H48O4/c1-2-3-4-5-6-7-9-12-15-18-21-26(24(29)30,25(31)32)22-19-16-13-10-8-11-14-17-20-23(27)28;1-3-4-5-6-7-9-12-15-18-21-26(24(28)29,25(30)31)22-19-16-13-10-8-11-14-17-20-23(2)27;1-3-5-7-9-11-13-15-17-19-21-25(23(26)27,24(28)29)22-20-18-16-14-12-10-8-6-4-2/h2-22H2,1H3,(H,27,28)(H,29,30)(H,31,32);3-22H2,1-2H3,(H,28,29)(H,30,31);3-22H2,1-2H3,(H,26,27)(H,28,29). The molecule has 15 nitrogen and oxygen atoms in total. The molecule has 0 aromatic carbocycles. The number of carbonyl (C=O) groups excluding carboxylic acids is 1. The van der Waals surface area contributed by atoms with Crippen LogP contribution in [-0.4, -0.2) is 83.3 Å². The Bertz CT molecular complexity index is 1730. The maximum atomic E-state index is 11.8. The van der Waals surface area contributed by atoms with Crippen LogP contribution < -0.4 is 0 Å². The van der Waals surface area contributed by atoms with Crippen molar-refractivity contribution in [2.24, 2.45) is 16.2 Å². The van der Waals surface area contributed by atoms with Gasteiger partial charge < -0.3 is 40.5 Å². The first kappa shape index (κ1) is 92.1. The first-order chi connectivity index (χ1) is 44.2. The molecular formula is C77H144O15. The number of Topliss-reactive ketones (excluding diaryl/α,β-unsaturated/α-hetero) is 1. The molecule has 0 rings (SSSR count). The molecule has 0 amide bonds. The molecule has 0 aliphatic heterocycles. The normalized spacial score (nSPS) is 11.6. The molecule has 0 radical (unpaired) electrons. The van der Waals surface area contributed by atoms with Gasteiger partial charge in [0.15, 0.2) is 16.2 Å². The summed E-state index contributed by atoms with van der Waals surface area (Å²) in [5.41, 5.74) is -4.84. The number of hydrogen-bond acceptors (Lipinski definition) is 8. The minimum Gasteiger partial charge on any atom is -0.481 e. The van der Waals surface area contributed by atoms with Crippen LogP contribution in [0.3, 0.4) is 0 Å². The maximum Gasteiger partial charge on any atom is 0.321 e. The fourth-order valence-electron chi connectivity index (χ4n) is 12.7. The van der Waals surface area contributed by atoms with Crippen LogP contribution in [0.25, 0.3) is 0 Å². The van der Waals surface area contributed by atoms with E-state index in [1.807, 2.05) is 0 Å². The summed E-state index contributed by atoms with van der Waals surface area (Å²) in [7, 11) is 0. The average Bonchev–Trinajstić information content (AvgIpc) is 0.920. The van der Waals surface area contributed by atoms with E-state index in [1.54, 1.807) is 6.92 Å². The van der Waals surface area contributed by atoms with E-state index in [2.05, 4.69) is 27.7 Å². The van der Waals surface area contributed by atoms with E-state index in [-0.39, 0.29) is 50.7 Å². The van der Waals surface area contributed by atoms with Crippen molar-refractivity contribution in [2.45, 2.75) is 426 Å². The van der Waals surface area contributed by atoms with Gasteiger partial charge >= 0.3 is 41.8 Å². The predicted octanol–water partition coefficient (Wildman–Crippen LogP) is 23.0. The van der Waals surface area contributed by atoms with Crippen molar-refractivity contribution >= 4 is 47.6 Å². The topological polar surface area (TPSA) is 278 Å². The summed E-state index contributed by atoms with van der Waals surface area (Å²) in [6.45, 7) is 10.5. The molecule has 0 aliphatic rings. The summed E-state index contributed by atoms with van der Waals surface area (Å²) >= 11 is 0. The third kappa shape index (κ3) is 52.3. The van der Waals surface area contributed by atoms with E-state index in [0.717, 1.165) is 148 Å². The second kappa shape index (κ2) is 65.6. The van der Waals surface area contributed by atoms with Crippen LogP contribution in [0.1, 0.15) is 426 Å². The Morgan fingerprint density at radius 2 is 0.326 bits per heavy atom. The third-order valence-electron chi connectivity index (χ3n) is 19.2. The number of rotatable bonds is 69. The second-order valence-electron chi connectivity index (χ2n) is 27.5. The maximum absolute atomic E-state index is 11.8. The Morgan fingerprint density at radius 1 is 0.196 bits per heavy atom. The molecule has 0 heterocycles. The summed E-state index contributed by atoms with van der Waals surface area (Å²) in [5.74, 6) is -7.53. The molecule has 0 saturated carbocycles. The minimum atomic E-state index is -1.64. The van der Waals surface area contributed by atoms with Crippen LogP contribution in [0.15, 0.2) is 0 Å². The van der Waals surface area contributed by atoms with Crippen LogP contribution >= 0.6 is 0 Å². The molecule has 0 atom stereocenters. The highest BCUT2D eigenvalue weighted by Crippen LogP contribution is 2.36. The van der Waals surface area contributed by atoms with Crippen molar-refractivity contribution in [3.63, 3.8) is 0 Å². The predicted molar refractivity (Wildman–Crippen MR) is 376 cm³/mol. The highest BCUT2D eigenvalue weighted by Gasteiger charge is 2.47. The van der Waals surface area contributed by atoms with Crippen LogP contribution in [0.2, 0.25) is 0 Å². The van der Waals surface area contributed by atoms with Gasteiger partial charge in [-0.3, -0.25) is 33.6 Å². The largest absolute Gasteiger partial charge is 0.481 e. The van der Waals surface area contributed by atoms with Crippen molar-refractivity contribution in [1.29, 1.82) is 0 Å². The van der Waals surface area contributed by atoms with Crippen molar-refractivity contribution in [1.82, 2.24) is 0 Å². The van der Waals surface area contributed by atoms with Gasteiger partial charge in [-0.15, -0.1) is 0 Å². The Labute approximate surface area is 561 Å². The Morgan fingerprint density at radius 3 is 0.457 bits per heavy atom. The number of aliphatic carboxylic acids is 7. The van der Waals surface area contributed by atoms with E-state index in [1.165, 1.54) is 148 Å². The summed E-state index contributed by atoms with van der Waals surface area (Å²) < 4.78 is 0. The lowest BCUT2D eigenvalue weighted by atomic mass is 9.78. The Kier molecular flexibility index (Phi) is 65.7. The fourth-order valence-corrected chi connectivity index (χ4v) is 12.7. The Balaban J connectivity index is -0.00000129. The molecule has 0 fully saturated rings. The van der Waals surface area contributed by atoms with E-state index >= 15 is 0 Å². The number of carbonyl (C=O) groups is 8.